The first kappa shape index (κ1) is 21.4. The number of hydrogen-bond donors (Lipinski definition) is 0. The summed E-state index contributed by atoms with van der Waals surface area (Å²) in [7, 11) is 0. The average Bonchev–Trinajstić information content (AvgIpc) is 2.60. The third kappa shape index (κ3) is 5.33. The lowest BCUT2D eigenvalue weighted by molar-refractivity contribution is -0.119. The fourth-order valence-corrected chi connectivity index (χ4v) is 5.26. The molecule has 0 N–H and O–H groups in total. The first-order chi connectivity index (χ1) is 12.4. The van der Waals surface area contributed by atoms with Crippen LogP contribution < -0.4 is 0 Å². The van der Waals surface area contributed by atoms with Crippen molar-refractivity contribution in [3.8, 4) is 0 Å². The van der Waals surface area contributed by atoms with Gasteiger partial charge < -0.3 is 9.64 Å². The third-order valence-electron chi connectivity index (χ3n) is 6.12. The molecule has 0 spiro atoms. The van der Waals surface area contributed by atoms with E-state index in [-0.39, 0.29) is 5.60 Å². The Bertz CT molecular complexity index is 549. The average molecular weight is 360 g/mol. The van der Waals surface area contributed by atoms with E-state index >= 15 is 0 Å². The van der Waals surface area contributed by atoms with Crippen LogP contribution in [-0.2, 0) is 16.8 Å². The van der Waals surface area contributed by atoms with Gasteiger partial charge in [-0.1, -0.05) is 65.8 Å². The summed E-state index contributed by atoms with van der Waals surface area (Å²) in [6, 6.07) is 9.00. The number of ether oxygens (including phenoxy) is 1. The summed E-state index contributed by atoms with van der Waals surface area (Å²) in [5.41, 5.74) is 3.13. The van der Waals surface area contributed by atoms with E-state index in [1.165, 1.54) is 17.5 Å². The Morgan fingerprint density at radius 2 is 1.77 bits per heavy atom. The summed E-state index contributed by atoms with van der Waals surface area (Å²) in [5.74, 6) is 0.700. The predicted molar refractivity (Wildman–Crippen MR) is 113 cm³/mol. The molecule has 1 fully saturated rings. The maximum Gasteiger partial charge on any atom is 0.0941 e. The molecule has 0 bridgehead atoms. The topological polar surface area (TPSA) is 12.5 Å². The number of nitrogens with zero attached hydrogens (tertiary/aromatic N) is 1. The number of hydrogen-bond acceptors (Lipinski definition) is 2. The second-order valence-electron chi connectivity index (χ2n) is 9.09. The van der Waals surface area contributed by atoms with Crippen LogP contribution in [0.25, 0.3) is 0 Å². The monoisotopic (exact) mass is 359 g/mol. The van der Waals surface area contributed by atoms with Crippen molar-refractivity contribution in [2.24, 2.45) is 11.3 Å². The van der Waals surface area contributed by atoms with Crippen LogP contribution in [0.2, 0.25) is 0 Å². The first-order valence-corrected chi connectivity index (χ1v) is 10.8. The summed E-state index contributed by atoms with van der Waals surface area (Å²) >= 11 is 0. The molecule has 1 aromatic carbocycles. The molecular formula is C24H41NO. The zero-order valence-corrected chi connectivity index (χ0v) is 18.1. The van der Waals surface area contributed by atoms with Crippen molar-refractivity contribution in [2.45, 2.75) is 79.2 Å². The molecule has 0 radical (unpaired) electrons. The van der Waals surface area contributed by atoms with E-state index in [2.05, 4.69) is 70.7 Å². The molecule has 0 aliphatic heterocycles. The molecule has 0 heterocycles. The molecule has 2 heteroatoms. The first-order valence-electron chi connectivity index (χ1n) is 10.8. The highest BCUT2D eigenvalue weighted by atomic mass is 16.5. The van der Waals surface area contributed by atoms with Gasteiger partial charge in [-0.3, -0.25) is 0 Å². The normalized spacial score (nSPS) is 25.6. The molecule has 2 rings (SSSR count). The molecule has 0 saturated heterocycles. The second kappa shape index (κ2) is 9.37. The van der Waals surface area contributed by atoms with Crippen molar-refractivity contribution in [2.75, 3.05) is 26.2 Å². The molecule has 1 aromatic rings. The lowest BCUT2D eigenvalue weighted by Crippen LogP contribution is -2.43. The molecule has 2 unspecified atom stereocenters. The number of benzene rings is 1. The van der Waals surface area contributed by atoms with E-state index in [1.807, 2.05) is 0 Å². The van der Waals surface area contributed by atoms with Gasteiger partial charge in [0.25, 0.3) is 0 Å². The van der Waals surface area contributed by atoms with Gasteiger partial charge in [0.1, 0.15) is 0 Å². The van der Waals surface area contributed by atoms with Crippen molar-refractivity contribution < 1.29 is 4.74 Å². The van der Waals surface area contributed by atoms with Crippen LogP contribution in [0.3, 0.4) is 0 Å². The van der Waals surface area contributed by atoms with Crippen LogP contribution in [0.4, 0.5) is 0 Å². The van der Waals surface area contributed by atoms with Gasteiger partial charge in [-0.15, -0.1) is 0 Å². The third-order valence-corrected chi connectivity index (χ3v) is 6.12. The van der Waals surface area contributed by atoms with Gasteiger partial charge in [0.2, 0.25) is 0 Å². The van der Waals surface area contributed by atoms with Crippen molar-refractivity contribution in [1.82, 2.24) is 4.90 Å². The van der Waals surface area contributed by atoms with E-state index in [0.717, 1.165) is 51.9 Å². The predicted octanol–water partition coefficient (Wildman–Crippen LogP) is 6.04. The van der Waals surface area contributed by atoms with Crippen LogP contribution in [0.5, 0.6) is 0 Å². The lowest BCUT2D eigenvalue weighted by atomic mass is 9.63. The van der Waals surface area contributed by atoms with Crippen molar-refractivity contribution in [3.05, 3.63) is 35.4 Å². The van der Waals surface area contributed by atoms with Gasteiger partial charge in [-0.05, 0) is 67.7 Å². The van der Waals surface area contributed by atoms with E-state index in [1.54, 1.807) is 0 Å². The summed E-state index contributed by atoms with van der Waals surface area (Å²) in [4.78, 5) is 2.49. The van der Waals surface area contributed by atoms with Gasteiger partial charge in [0, 0.05) is 13.2 Å². The molecule has 0 aromatic heterocycles. The Morgan fingerprint density at radius 1 is 1.08 bits per heavy atom. The Labute approximate surface area is 162 Å². The van der Waals surface area contributed by atoms with Crippen molar-refractivity contribution in [1.29, 1.82) is 0 Å². The van der Waals surface area contributed by atoms with Crippen molar-refractivity contribution in [3.63, 3.8) is 0 Å². The van der Waals surface area contributed by atoms with Gasteiger partial charge >= 0.3 is 0 Å². The summed E-state index contributed by atoms with van der Waals surface area (Å²) < 4.78 is 6.82. The van der Waals surface area contributed by atoms with Crippen LogP contribution in [0.15, 0.2) is 24.3 Å². The van der Waals surface area contributed by atoms with Crippen LogP contribution >= 0.6 is 0 Å². The summed E-state index contributed by atoms with van der Waals surface area (Å²) in [5, 5.41) is 0. The minimum atomic E-state index is -0.114. The zero-order valence-electron chi connectivity index (χ0n) is 18.1. The second-order valence-corrected chi connectivity index (χ2v) is 9.09. The summed E-state index contributed by atoms with van der Waals surface area (Å²) in [6.45, 7) is 18.3. The largest absolute Gasteiger partial charge is 0.370 e. The number of aryl methyl sites for hydroxylation is 1. The molecule has 26 heavy (non-hydrogen) atoms. The zero-order chi connectivity index (χ0) is 19.2. The van der Waals surface area contributed by atoms with Gasteiger partial charge in [-0.2, -0.15) is 0 Å². The number of rotatable bonds is 9. The Morgan fingerprint density at radius 3 is 2.38 bits per heavy atom. The Hall–Kier alpha value is -0.860. The Kier molecular flexibility index (Phi) is 7.73. The maximum atomic E-state index is 6.82. The maximum absolute atomic E-state index is 6.82. The highest BCUT2D eigenvalue weighted by Gasteiger charge is 2.45. The lowest BCUT2D eigenvalue weighted by Gasteiger charge is -2.48. The van der Waals surface area contributed by atoms with Gasteiger partial charge in [-0.25, -0.2) is 0 Å². The molecule has 0 amide bonds. The quantitative estimate of drug-likeness (QED) is 0.498. The molecule has 148 valence electrons. The minimum Gasteiger partial charge on any atom is -0.370 e. The molecular weight excluding hydrogens is 318 g/mol. The van der Waals surface area contributed by atoms with Crippen LogP contribution in [0, 0.1) is 11.3 Å². The SMILES string of the molecule is CCc1ccccc1C1(OCCCN(CC)CC)CC(C)CC(C)(C)C1. The molecule has 1 aliphatic carbocycles. The van der Waals surface area contributed by atoms with Crippen molar-refractivity contribution >= 4 is 0 Å². The Balaban J connectivity index is 2.22. The fraction of sp³-hybridized carbons (Fsp3) is 0.750. The smallest absolute Gasteiger partial charge is 0.0941 e. The van der Waals surface area contributed by atoms with E-state index in [9.17, 15) is 0 Å². The molecule has 2 nitrogen and oxygen atoms in total. The molecule has 1 saturated carbocycles. The van der Waals surface area contributed by atoms with Gasteiger partial charge in [0.05, 0.1) is 5.60 Å². The van der Waals surface area contributed by atoms with E-state index in [4.69, 9.17) is 4.74 Å². The minimum absolute atomic E-state index is 0.114. The fourth-order valence-electron chi connectivity index (χ4n) is 5.26. The highest BCUT2D eigenvalue weighted by Crippen LogP contribution is 2.51. The van der Waals surface area contributed by atoms with E-state index < -0.39 is 0 Å². The van der Waals surface area contributed by atoms with Crippen LogP contribution in [0.1, 0.15) is 78.4 Å². The van der Waals surface area contributed by atoms with Crippen LogP contribution in [-0.4, -0.2) is 31.1 Å². The molecule has 1 aliphatic rings. The summed E-state index contributed by atoms with van der Waals surface area (Å²) in [6.07, 6.45) is 5.78. The van der Waals surface area contributed by atoms with E-state index in [0.29, 0.717) is 11.3 Å². The highest BCUT2D eigenvalue weighted by molar-refractivity contribution is 5.33. The standard InChI is InChI=1S/C24H41NO/c1-7-21-13-10-11-14-22(21)24(18-20(4)17-23(5,6)19-24)26-16-12-15-25(8-2)9-3/h10-11,13-14,20H,7-9,12,15-19H2,1-6H3. The van der Waals surface area contributed by atoms with Gasteiger partial charge in [0.15, 0.2) is 0 Å². The molecule has 2 atom stereocenters.